The minimum Gasteiger partial charge on any atom is -1.00 e. The maximum absolute atomic E-state index is 5.27. The van der Waals surface area contributed by atoms with Gasteiger partial charge >= 0.3 is 0 Å². The fourth-order valence-electron chi connectivity index (χ4n) is 0.661. The van der Waals surface area contributed by atoms with Gasteiger partial charge in [0.25, 0.3) is 0 Å². The van der Waals surface area contributed by atoms with Crippen LogP contribution in [0.5, 0.6) is 0 Å². The van der Waals surface area contributed by atoms with E-state index in [0.29, 0.717) is 6.22 Å². The van der Waals surface area contributed by atoms with Crippen LogP contribution < -0.4 is 0 Å². The summed E-state index contributed by atoms with van der Waals surface area (Å²) in [6.07, 6.45) is 1.58. The van der Waals surface area contributed by atoms with Crippen molar-refractivity contribution in [2.75, 3.05) is 0 Å². The van der Waals surface area contributed by atoms with Crippen molar-refractivity contribution in [2.45, 2.75) is 19.3 Å². The van der Waals surface area contributed by atoms with Crippen molar-refractivity contribution in [2.24, 2.45) is 0 Å². The molecule has 0 unspecified atom stereocenters. The maximum Gasteiger partial charge on any atom is 0.0533 e. The summed E-state index contributed by atoms with van der Waals surface area (Å²) in [6, 6.07) is 0. The van der Waals surface area contributed by atoms with Crippen LogP contribution in [0.1, 0.15) is 17.1 Å². The Hall–Kier alpha value is 0.584. The lowest BCUT2D eigenvalue weighted by Crippen LogP contribution is -2.23. The average Bonchev–Trinajstić information content (AvgIpc) is 2.10. The minimum atomic E-state index is 0. The molecule has 0 aliphatic heterocycles. The summed E-state index contributed by atoms with van der Waals surface area (Å²) in [7, 11) is 21.4. The Morgan fingerprint density at radius 2 is 1.58 bits per heavy atom. The molecule has 0 rings (SSSR count). The van der Waals surface area contributed by atoms with Crippen molar-refractivity contribution in [3.63, 3.8) is 0 Å². The Bertz CT molecular complexity index is 90.2. The van der Waals surface area contributed by atoms with Gasteiger partial charge in [0.05, 0.1) is 15.0 Å². The van der Waals surface area contributed by atoms with Gasteiger partial charge in [-0.15, -0.1) is 19.3 Å². The molecule has 0 atom stereocenters. The summed E-state index contributed by atoms with van der Waals surface area (Å²) in [4.78, 5) is 0. The molecule has 0 fully saturated rings. The molecule has 0 N–H and O–H groups in total. The van der Waals surface area contributed by atoms with E-state index in [1.54, 1.807) is 0 Å². The monoisotopic (exact) mass is 154 g/mol. The van der Waals surface area contributed by atoms with Gasteiger partial charge in [-0.2, -0.15) is 0 Å². The summed E-state index contributed by atoms with van der Waals surface area (Å²) < 4.78 is 0. The van der Waals surface area contributed by atoms with Gasteiger partial charge in [-0.25, -0.2) is 0 Å². The Labute approximate surface area is 102 Å². The van der Waals surface area contributed by atoms with Gasteiger partial charge in [0.1, 0.15) is 0 Å². The average molecular weight is 152 g/mol. The van der Waals surface area contributed by atoms with Crippen LogP contribution in [-0.4, -0.2) is 64.8 Å². The summed E-state index contributed by atoms with van der Waals surface area (Å²) in [5.41, 5.74) is 0. The molecule has 0 saturated carbocycles. The van der Waals surface area contributed by atoms with Crippen molar-refractivity contribution >= 4 is 64.8 Å². The Balaban J connectivity index is -0.00000000917. The Morgan fingerprint density at radius 3 is 2.17 bits per heavy atom. The molecule has 10 radical (unpaired) electrons. The van der Waals surface area contributed by atoms with Crippen LogP contribution in [-0.2, 0) is 0 Å². The first kappa shape index (κ1) is 12.6. The molecule has 0 aliphatic carbocycles. The second kappa shape index (κ2) is 11.6. The van der Waals surface area contributed by atoms with Crippen molar-refractivity contribution in [3.8, 4) is 0 Å². The second-order valence-electron chi connectivity index (χ2n) is 2.28. The molecule has 12 heavy (non-hydrogen) atoms. The summed E-state index contributed by atoms with van der Waals surface area (Å²) >= 11 is 0. The summed E-state index contributed by atoms with van der Waals surface area (Å²) in [5, 5.41) is 0. The van der Waals surface area contributed by atoms with Crippen LogP contribution in [0, 0.1) is 0 Å². The first-order valence-corrected chi connectivity index (χ1v) is 4.21. The number of hydrogen-bond acceptors (Lipinski definition) is 0. The van der Waals surface area contributed by atoms with Crippen LogP contribution in [0.4, 0.5) is 0 Å². The minimum absolute atomic E-state index is 0. The van der Waals surface area contributed by atoms with Gasteiger partial charge in [-0.05, 0) is 0 Å². The lowest BCUT2D eigenvalue weighted by atomic mass is 9.02. The van der Waals surface area contributed by atoms with Gasteiger partial charge in [0.2, 0.25) is 0 Å². The van der Waals surface area contributed by atoms with E-state index in [-0.39, 0.29) is 17.1 Å². The lowest BCUT2D eigenvalue weighted by Gasteiger charge is -1.94. The second-order valence-corrected chi connectivity index (χ2v) is 2.28. The van der Waals surface area contributed by atoms with Crippen LogP contribution in [0.25, 0.3) is 0 Å². The van der Waals surface area contributed by atoms with E-state index in [2.05, 4.69) is 14.3 Å². The smallest absolute Gasteiger partial charge is 0.0533 e. The Kier molecular flexibility index (Phi) is 12.1. The van der Waals surface area contributed by atoms with Crippen LogP contribution in [0.3, 0.4) is 0 Å². The highest BCUT2D eigenvalue weighted by molar-refractivity contribution is 7.48. The standard InChI is InChI=1S/C3H7B9.12H/c1-5-9-11-7-3-8-12-10-6-2-4;;;;;;;;;;;;/h2-3H2,1H3;;;;;;;;;;;;/q;12*-1. The van der Waals surface area contributed by atoms with Gasteiger partial charge in [-0.1, -0.05) is 0 Å². The largest absolute Gasteiger partial charge is 1.00 e. The van der Waals surface area contributed by atoms with E-state index in [9.17, 15) is 0 Å². The summed E-state index contributed by atoms with van der Waals surface area (Å²) in [6.45, 7) is 2.00. The SMILES string of the molecule is [B]C[B][B][B][B]C[B][B][B][B]C.[H-].[H-].[H-].[H-].[H-].[H-].[H-].[H-].[H-].[H-].[H-].[H-]. The molecule has 0 saturated heterocycles. The highest BCUT2D eigenvalue weighted by Gasteiger charge is 1.95. The molecular formula is C3H19B9-12. The van der Waals surface area contributed by atoms with E-state index >= 15 is 0 Å². The first-order chi connectivity index (χ1) is 5.91. The van der Waals surface area contributed by atoms with Gasteiger partial charge in [0.15, 0.2) is 0 Å². The predicted octanol–water partition coefficient (Wildman–Crippen LogP) is -0.572. The molecular weight excluding hydrogens is 133 g/mol. The summed E-state index contributed by atoms with van der Waals surface area (Å²) in [5.74, 6) is 0. The molecule has 0 aromatic carbocycles. The molecule has 70 valence electrons. The van der Waals surface area contributed by atoms with Gasteiger partial charge in [0, 0.05) is 49.8 Å². The zero-order valence-corrected chi connectivity index (χ0v) is 7.61. The molecule has 9 heteroatoms. The molecule has 0 nitrogen and oxygen atoms in total. The third kappa shape index (κ3) is 10.6. The van der Waals surface area contributed by atoms with Crippen molar-refractivity contribution in [1.82, 2.24) is 0 Å². The third-order valence-electron chi connectivity index (χ3n) is 1.23. The molecule has 0 amide bonds. The molecule has 0 heterocycles. The van der Waals surface area contributed by atoms with Crippen LogP contribution in [0.15, 0.2) is 0 Å². The van der Waals surface area contributed by atoms with E-state index in [0.717, 1.165) is 6.22 Å². The predicted molar refractivity (Wildman–Crippen MR) is 80.6 cm³/mol. The zero-order chi connectivity index (χ0) is 9.07. The van der Waals surface area contributed by atoms with Crippen molar-refractivity contribution in [1.29, 1.82) is 0 Å². The Morgan fingerprint density at radius 1 is 1.00 bits per heavy atom. The molecule has 0 spiro atoms. The number of rotatable bonds is 9. The lowest BCUT2D eigenvalue weighted by molar-refractivity contribution is 2.10. The van der Waals surface area contributed by atoms with E-state index in [1.165, 1.54) is 0 Å². The highest BCUT2D eigenvalue weighted by Crippen LogP contribution is 1.72. The molecule has 0 bridgehead atoms. The van der Waals surface area contributed by atoms with Crippen LogP contribution in [0.2, 0.25) is 19.3 Å². The van der Waals surface area contributed by atoms with E-state index < -0.39 is 0 Å². The fourth-order valence-corrected chi connectivity index (χ4v) is 0.661. The maximum atomic E-state index is 5.27. The topological polar surface area (TPSA) is 0 Å². The molecule has 0 aromatic heterocycles. The first-order valence-electron chi connectivity index (χ1n) is 4.21. The normalized spacial score (nSPS) is 7.75. The quantitative estimate of drug-likeness (QED) is 0.307. The number of hydrogen-bond donors (Lipinski definition) is 0. The van der Waals surface area contributed by atoms with Gasteiger partial charge in [-0.3, -0.25) is 0 Å². The molecule has 0 aliphatic rings. The van der Waals surface area contributed by atoms with Crippen LogP contribution >= 0.6 is 0 Å². The fraction of sp³-hybridized carbons (Fsp3) is 1.00. The van der Waals surface area contributed by atoms with E-state index in [1.807, 2.05) is 49.4 Å². The third-order valence-corrected chi connectivity index (χ3v) is 1.23. The highest BCUT2D eigenvalue weighted by atomic mass is 13.2. The van der Waals surface area contributed by atoms with Crippen molar-refractivity contribution in [3.05, 3.63) is 0 Å². The van der Waals surface area contributed by atoms with Crippen molar-refractivity contribution < 1.29 is 17.1 Å². The molecule has 0 aromatic rings. The van der Waals surface area contributed by atoms with Gasteiger partial charge < -0.3 is 17.1 Å². The van der Waals surface area contributed by atoms with E-state index in [4.69, 9.17) is 7.85 Å². The zero-order valence-electron chi connectivity index (χ0n) is 19.6.